The van der Waals surface area contributed by atoms with Crippen LogP contribution in [-0.2, 0) is 5.75 Å². The van der Waals surface area contributed by atoms with Crippen molar-refractivity contribution in [3.63, 3.8) is 0 Å². The Hall–Kier alpha value is -1.40. The van der Waals surface area contributed by atoms with Gasteiger partial charge in [0.05, 0.1) is 5.75 Å². The Bertz CT molecular complexity index is 474. The molecule has 0 aliphatic rings. The van der Waals surface area contributed by atoms with Crippen molar-refractivity contribution in [3.05, 3.63) is 30.3 Å². The third kappa shape index (κ3) is 3.54. The minimum atomic E-state index is 0.508. The maximum atomic E-state index is 5.56. The molecule has 2 aromatic rings. The summed E-state index contributed by atoms with van der Waals surface area (Å²) >= 11 is 1.75. The van der Waals surface area contributed by atoms with Gasteiger partial charge in [-0.2, -0.15) is 16.7 Å². The minimum Gasteiger partial charge on any atom is -0.338 e. The molecule has 2 heterocycles. The number of aromatic nitrogens is 3. The number of rotatable bonds is 6. The number of nitrogens with two attached hydrogens (primary N) is 1. The molecule has 0 saturated heterocycles. The monoisotopic (exact) mass is 264 g/mol. The Balaban J connectivity index is 1.91. The summed E-state index contributed by atoms with van der Waals surface area (Å²) in [4.78, 5) is 8.49. The van der Waals surface area contributed by atoms with Crippen LogP contribution >= 0.6 is 11.8 Å². The number of thioether (sulfide) groups is 1. The lowest BCUT2D eigenvalue weighted by atomic mass is 10.2. The van der Waals surface area contributed by atoms with Gasteiger partial charge in [-0.25, -0.2) is 0 Å². The lowest BCUT2D eigenvalue weighted by Crippen LogP contribution is -2.12. The molecule has 0 aromatic carbocycles. The van der Waals surface area contributed by atoms with Crippen molar-refractivity contribution < 1.29 is 4.52 Å². The van der Waals surface area contributed by atoms with Crippen molar-refractivity contribution in [1.29, 1.82) is 0 Å². The SMILES string of the molecule is CC(CN)CSCc1nc(-c2ccccn2)no1. The third-order valence-electron chi connectivity index (χ3n) is 2.39. The van der Waals surface area contributed by atoms with E-state index in [0.29, 0.717) is 29.9 Å². The molecule has 0 amide bonds. The predicted octanol–water partition coefficient (Wildman–Crippen LogP) is 1.96. The first-order valence-corrected chi connectivity index (χ1v) is 6.97. The van der Waals surface area contributed by atoms with Crippen molar-refractivity contribution in [2.45, 2.75) is 12.7 Å². The summed E-state index contributed by atoms with van der Waals surface area (Å²) in [6.07, 6.45) is 1.71. The summed E-state index contributed by atoms with van der Waals surface area (Å²) < 4.78 is 5.18. The molecule has 18 heavy (non-hydrogen) atoms. The van der Waals surface area contributed by atoms with E-state index < -0.39 is 0 Å². The molecular formula is C12H16N4OS. The molecule has 2 aromatic heterocycles. The van der Waals surface area contributed by atoms with Crippen LogP contribution in [0, 0.1) is 5.92 Å². The van der Waals surface area contributed by atoms with Gasteiger partial charge in [0.1, 0.15) is 5.69 Å². The van der Waals surface area contributed by atoms with E-state index in [9.17, 15) is 0 Å². The average Bonchev–Trinajstić information content (AvgIpc) is 2.88. The fourth-order valence-corrected chi connectivity index (χ4v) is 2.28. The lowest BCUT2D eigenvalue weighted by Gasteiger charge is -2.05. The van der Waals surface area contributed by atoms with Crippen molar-refractivity contribution in [1.82, 2.24) is 15.1 Å². The summed E-state index contributed by atoms with van der Waals surface area (Å²) in [5, 5.41) is 3.92. The van der Waals surface area contributed by atoms with Crippen LogP contribution in [0.1, 0.15) is 12.8 Å². The van der Waals surface area contributed by atoms with Crippen LogP contribution in [0.25, 0.3) is 11.5 Å². The van der Waals surface area contributed by atoms with Crippen molar-refractivity contribution in [2.75, 3.05) is 12.3 Å². The maximum Gasteiger partial charge on any atom is 0.237 e. The summed E-state index contributed by atoms with van der Waals surface area (Å²) in [5.74, 6) is 3.39. The van der Waals surface area contributed by atoms with E-state index in [4.69, 9.17) is 10.3 Å². The standard InChI is InChI=1S/C12H16N4OS/c1-9(6-13)7-18-8-11-15-12(16-17-11)10-4-2-3-5-14-10/h2-5,9H,6-8,13H2,1H3. The molecule has 1 atom stereocenters. The van der Waals surface area contributed by atoms with Crippen LogP contribution in [-0.4, -0.2) is 27.4 Å². The molecule has 0 aliphatic carbocycles. The van der Waals surface area contributed by atoms with Crippen molar-refractivity contribution >= 4 is 11.8 Å². The zero-order valence-corrected chi connectivity index (χ0v) is 11.1. The molecule has 6 heteroatoms. The van der Waals surface area contributed by atoms with E-state index in [1.807, 2.05) is 18.2 Å². The van der Waals surface area contributed by atoms with E-state index in [-0.39, 0.29) is 0 Å². The molecule has 0 radical (unpaired) electrons. The highest BCUT2D eigenvalue weighted by atomic mass is 32.2. The van der Waals surface area contributed by atoms with E-state index in [2.05, 4.69) is 22.0 Å². The molecule has 2 N–H and O–H groups in total. The van der Waals surface area contributed by atoms with Gasteiger partial charge in [-0.3, -0.25) is 4.98 Å². The number of hydrogen-bond donors (Lipinski definition) is 1. The predicted molar refractivity (Wildman–Crippen MR) is 71.9 cm³/mol. The number of pyridine rings is 1. The van der Waals surface area contributed by atoms with E-state index >= 15 is 0 Å². The number of nitrogens with zero attached hydrogens (tertiary/aromatic N) is 3. The minimum absolute atomic E-state index is 0.508. The van der Waals surface area contributed by atoms with Crippen LogP contribution in [0.15, 0.2) is 28.9 Å². The van der Waals surface area contributed by atoms with Gasteiger partial charge < -0.3 is 10.3 Å². The Morgan fingerprint density at radius 2 is 2.33 bits per heavy atom. The third-order valence-corrected chi connectivity index (χ3v) is 3.65. The number of hydrogen-bond acceptors (Lipinski definition) is 6. The Morgan fingerprint density at radius 3 is 3.06 bits per heavy atom. The van der Waals surface area contributed by atoms with Gasteiger partial charge in [-0.15, -0.1) is 0 Å². The second kappa shape index (κ2) is 6.51. The Labute approximate surface area is 110 Å². The Morgan fingerprint density at radius 1 is 1.44 bits per heavy atom. The maximum absolute atomic E-state index is 5.56. The second-order valence-corrected chi connectivity index (χ2v) is 5.11. The largest absolute Gasteiger partial charge is 0.338 e. The van der Waals surface area contributed by atoms with Crippen molar-refractivity contribution in [3.8, 4) is 11.5 Å². The first-order chi connectivity index (χ1) is 8.79. The van der Waals surface area contributed by atoms with Crippen LogP contribution < -0.4 is 5.73 Å². The molecule has 0 saturated carbocycles. The van der Waals surface area contributed by atoms with Gasteiger partial charge in [0, 0.05) is 6.20 Å². The van der Waals surface area contributed by atoms with Crippen LogP contribution in [0.2, 0.25) is 0 Å². The molecule has 2 rings (SSSR count). The summed E-state index contributed by atoms with van der Waals surface area (Å²) in [6.45, 7) is 2.83. The fourth-order valence-electron chi connectivity index (χ4n) is 1.33. The van der Waals surface area contributed by atoms with E-state index in [1.165, 1.54) is 0 Å². The van der Waals surface area contributed by atoms with E-state index in [1.54, 1.807) is 18.0 Å². The first kappa shape index (κ1) is 13.0. The highest BCUT2D eigenvalue weighted by Crippen LogP contribution is 2.17. The highest BCUT2D eigenvalue weighted by molar-refractivity contribution is 7.98. The highest BCUT2D eigenvalue weighted by Gasteiger charge is 2.09. The van der Waals surface area contributed by atoms with Gasteiger partial charge >= 0.3 is 0 Å². The molecule has 5 nitrogen and oxygen atoms in total. The van der Waals surface area contributed by atoms with Gasteiger partial charge in [-0.05, 0) is 30.3 Å². The van der Waals surface area contributed by atoms with Crippen molar-refractivity contribution in [2.24, 2.45) is 11.7 Å². The molecule has 1 unspecified atom stereocenters. The Kier molecular flexibility index (Phi) is 4.72. The van der Waals surface area contributed by atoms with Crippen LogP contribution in [0.5, 0.6) is 0 Å². The van der Waals surface area contributed by atoms with Gasteiger partial charge in [0.25, 0.3) is 0 Å². The molecule has 0 fully saturated rings. The fraction of sp³-hybridized carbons (Fsp3) is 0.417. The molecule has 0 aliphatic heterocycles. The molecule has 96 valence electrons. The molecule has 0 bridgehead atoms. The lowest BCUT2D eigenvalue weighted by molar-refractivity contribution is 0.391. The summed E-state index contributed by atoms with van der Waals surface area (Å²) in [7, 11) is 0. The normalized spacial score (nSPS) is 12.6. The average molecular weight is 264 g/mol. The van der Waals surface area contributed by atoms with Gasteiger partial charge in [-0.1, -0.05) is 18.1 Å². The smallest absolute Gasteiger partial charge is 0.237 e. The molecule has 0 spiro atoms. The molecular weight excluding hydrogens is 248 g/mol. The van der Waals surface area contributed by atoms with Gasteiger partial charge in [0.2, 0.25) is 11.7 Å². The zero-order valence-electron chi connectivity index (χ0n) is 10.2. The summed E-state index contributed by atoms with van der Waals surface area (Å²) in [6, 6.07) is 5.61. The van der Waals surface area contributed by atoms with Crippen LogP contribution in [0.4, 0.5) is 0 Å². The van der Waals surface area contributed by atoms with E-state index in [0.717, 1.165) is 11.4 Å². The first-order valence-electron chi connectivity index (χ1n) is 5.81. The second-order valence-electron chi connectivity index (χ2n) is 4.08. The quantitative estimate of drug-likeness (QED) is 0.859. The topological polar surface area (TPSA) is 77.8 Å². The van der Waals surface area contributed by atoms with Gasteiger partial charge in [0.15, 0.2) is 0 Å². The zero-order chi connectivity index (χ0) is 12.8. The summed E-state index contributed by atoms with van der Waals surface area (Å²) in [5.41, 5.74) is 6.29. The van der Waals surface area contributed by atoms with Crippen LogP contribution in [0.3, 0.4) is 0 Å².